The lowest BCUT2D eigenvalue weighted by Gasteiger charge is -2.09. The van der Waals surface area contributed by atoms with Crippen molar-refractivity contribution in [2.75, 3.05) is 5.32 Å². The van der Waals surface area contributed by atoms with Crippen molar-refractivity contribution in [3.8, 4) is 0 Å². The van der Waals surface area contributed by atoms with Gasteiger partial charge in [-0.15, -0.1) is 0 Å². The largest absolute Gasteiger partial charge is 0.366 e. The summed E-state index contributed by atoms with van der Waals surface area (Å²) in [6.07, 6.45) is 0. The zero-order chi connectivity index (χ0) is 16.6. The van der Waals surface area contributed by atoms with Crippen molar-refractivity contribution in [1.82, 2.24) is 5.32 Å². The third-order valence-corrected chi connectivity index (χ3v) is 3.81. The van der Waals surface area contributed by atoms with E-state index in [1.54, 1.807) is 43.3 Å². The van der Waals surface area contributed by atoms with Gasteiger partial charge in [0.05, 0.1) is 0 Å². The molecule has 4 N–H and O–H groups in total. The summed E-state index contributed by atoms with van der Waals surface area (Å²) in [6.45, 7) is 2.20. The standard InChI is InChI=1S/C17H15N3O3/c1-9-2-4-12(7-14(9)15(18)21)20-16(22)10-3-5-13-11(6-10)8-19-17(13)23/h2-7H,8H2,1H3,(H2,18,21)(H,19,23)(H,20,22). The van der Waals surface area contributed by atoms with Crippen LogP contribution in [0.3, 0.4) is 0 Å². The van der Waals surface area contributed by atoms with Gasteiger partial charge in [0.15, 0.2) is 0 Å². The van der Waals surface area contributed by atoms with Crippen LogP contribution in [0.2, 0.25) is 0 Å². The Balaban J connectivity index is 1.84. The topological polar surface area (TPSA) is 101 Å². The SMILES string of the molecule is Cc1ccc(NC(=O)c2ccc3c(c2)CNC3=O)cc1C(N)=O. The van der Waals surface area contributed by atoms with Crippen molar-refractivity contribution in [2.24, 2.45) is 5.73 Å². The highest BCUT2D eigenvalue weighted by atomic mass is 16.2. The van der Waals surface area contributed by atoms with E-state index in [0.29, 0.717) is 28.9 Å². The highest BCUT2D eigenvalue weighted by Gasteiger charge is 2.20. The van der Waals surface area contributed by atoms with Gasteiger partial charge in [0.2, 0.25) is 5.91 Å². The molecule has 0 fully saturated rings. The van der Waals surface area contributed by atoms with Gasteiger partial charge in [0, 0.05) is 28.9 Å². The van der Waals surface area contributed by atoms with Crippen molar-refractivity contribution < 1.29 is 14.4 Å². The number of anilines is 1. The molecule has 23 heavy (non-hydrogen) atoms. The molecule has 116 valence electrons. The van der Waals surface area contributed by atoms with Crippen LogP contribution in [-0.4, -0.2) is 17.7 Å². The zero-order valence-electron chi connectivity index (χ0n) is 12.5. The Bertz CT molecular complexity index is 843. The summed E-state index contributed by atoms with van der Waals surface area (Å²) in [5.41, 5.74) is 8.75. The molecule has 0 atom stereocenters. The molecule has 3 rings (SSSR count). The minimum absolute atomic E-state index is 0.128. The summed E-state index contributed by atoms with van der Waals surface area (Å²) >= 11 is 0. The highest BCUT2D eigenvalue weighted by Crippen LogP contribution is 2.19. The molecule has 1 aliphatic heterocycles. The summed E-state index contributed by atoms with van der Waals surface area (Å²) in [5.74, 6) is -0.983. The van der Waals surface area contributed by atoms with Crippen LogP contribution in [0.5, 0.6) is 0 Å². The van der Waals surface area contributed by atoms with Crippen LogP contribution in [0.15, 0.2) is 36.4 Å². The molecule has 0 saturated carbocycles. The summed E-state index contributed by atoms with van der Waals surface area (Å²) in [7, 11) is 0. The van der Waals surface area contributed by atoms with Gasteiger partial charge in [-0.25, -0.2) is 0 Å². The Hall–Kier alpha value is -3.15. The summed E-state index contributed by atoms with van der Waals surface area (Å²) < 4.78 is 0. The van der Waals surface area contributed by atoms with E-state index in [2.05, 4.69) is 10.6 Å². The minimum atomic E-state index is -0.541. The molecule has 0 radical (unpaired) electrons. The fraction of sp³-hybridized carbons (Fsp3) is 0.118. The second-order valence-corrected chi connectivity index (χ2v) is 5.40. The number of rotatable bonds is 3. The van der Waals surface area contributed by atoms with E-state index in [-0.39, 0.29) is 11.8 Å². The highest BCUT2D eigenvalue weighted by molar-refractivity contribution is 6.06. The maximum absolute atomic E-state index is 12.3. The van der Waals surface area contributed by atoms with E-state index in [1.165, 1.54) is 0 Å². The first-order valence-corrected chi connectivity index (χ1v) is 7.08. The summed E-state index contributed by atoms with van der Waals surface area (Å²) in [4.78, 5) is 35.2. The number of carbonyl (C=O) groups excluding carboxylic acids is 3. The number of fused-ring (bicyclic) bond motifs is 1. The first-order valence-electron chi connectivity index (χ1n) is 7.08. The molecular formula is C17H15N3O3. The number of amides is 3. The van der Waals surface area contributed by atoms with E-state index in [0.717, 1.165) is 11.1 Å². The normalized spacial score (nSPS) is 12.5. The molecule has 0 spiro atoms. The Kier molecular flexibility index (Phi) is 3.57. The molecule has 0 saturated heterocycles. The summed E-state index contributed by atoms with van der Waals surface area (Å²) in [5, 5.41) is 5.44. The molecule has 2 aromatic carbocycles. The molecule has 3 amide bonds. The number of carbonyl (C=O) groups is 3. The monoisotopic (exact) mass is 309 g/mol. The third-order valence-electron chi connectivity index (χ3n) is 3.81. The Morgan fingerprint density at radius 2 is 1.96 bits per heavy atom. The number of nitrogens with one attached hydrogen (secondary N) is 2. The average molecular weight is 309 g/mol. The van der Waals surface area contributed by atoms with Gasteiger partial charge in [-0.2, -0.15) is 0 Å². The first kappa shape index (κ1) is 14.8. The molecule has 0 aromatic heterocycles. The van der Waals surface area contributed by atoms with Crippen LogP contribution in [0, 0.1) is 6.92 Å². The van der Waals surface area contributed by atoms with E-state index in [4.69, 9.17) is 5.73 Å². The number of benzene rings is 2. The van der Waals surface area contributed by atoms with Gasteiger partial charge in [0.1, 0.15) is 0 Å². The van der Waals surface area contributed by atoms with Gasteiger partial charge in [-0.1, -0.05) is 6.07 Å². The van der Waals surface area contributed by atoms with E-state index in [1.807, 2.05) is 0 Å². The lowest BCUT2D eigenvalue weighted by Crippen LogP contribution is -2.15. The van der Waals surface area contributed by atoms with Crippen LogP contribution in [0.1, 0.15) is 42.2 Å². The smallest absolute Gasteiger partial charge is 0.255 e. The number of aryl methyl sites for hydroxylation is 1. The van der Waals surface area contributed by atoms with Crippen LogP contribution in [-0.2, 0) is 6.54 Å². The summed E-state index contributed by atoms with van der Waals surface area (Å²) in [6, 6.07) is 9.90. The predicted molar refractivity (Wildman–Crippen MR) is 85.3 cm³/mol. The molecule has 6 nitrogen and oxygen atoms in total. The van der Waals surface area contributed by atoms with Crippen molar-refractivity contribution in [2.45, 2.75) is 13.5 Å². The lowest BCUT2D eigenvalue weighted by molar-refractivity contribution is 0.0963. The van der Waals surface area contributed by atoms with Gasteiger partial charge < -0.3 is 16.4 Å². The van der Waals surface area contributed by atoms with Crippen molar-refractivity contribution in [1.29, 1.82) is 0 Å². The Morgan fingerprint density at radius 3 is 2.70 bits per heavy atom. The molecule has 0 bridgehead atoms. The van der Waals surface area contributed by atoms with Gasteiger partial charge in [-0.3, -0.25) is 14.4 Å². The van der Waals surface area contributed by atoms with Gasteiger partial charge in [0.25, 0.3) is 11.8 Å². The second-order valence-electron chi connectivity index (χ2n) is 5.40. The number of nitrogens with two attached hydrogens (primary N) is 1. The molecule has 2 aromatic rings. The Labute approximate surface area is 132 Å². The van der Waals surface area contributed by atoms with Crippen LogP contribution in [0.4, 0.5) is 5.69 Å². The fourth-order valence-corrected chi connectivity index (χ4v) is 2.54. The first-order chi connectivity index (χ1) is 11.0. The molecule has 1 aliphatic rings. The number of primary amides is 1. The number of hydrogen-bond donors (Lipinski definition) is 3. The molecule has 0 unspecified atom stereocenters. The molecule has 0 aliphatic carbocycles. The lowest BCUT2D eigenvalue weighted by atomic mass is 10.0. The minimum Gasteiger partial charge on any atom is -0.366 e. The molecule has 1 heterocycles. The maximum Gasteiger partial charge on any atom is 0.255 e. The second kappa shape index (κ2) is 5.57. The van der Waals surface area contributed by atoms with E-state index >= 15 is 0 Å². The van der Waals surface area contributed by atoms with Crippen molar-refractivity contribution >= 4 is 23.4 Å². The maximum atomic E-state index is 12.3. The van der Waals surface area contributed by atoms with Crippen molar-refractivity contribution in [3.05, 3.63) is 64.2 Å². The van der Waals surface area contributed by atoms with Gasteiger partial charge >= 0.3 is 0 Å². The zero-order valence-corrected chi connectivity index (χ0v) is 12.5. The van der Waals surface area contributed by atoms with Crippen LogP contribution in [0.25, 0.3) is 0 Å². The predicted octanol–water partition coefficient (Wildman–Crippen LogP) is 1.59. The van der Waals surface area contributed by atoms with E-state index < -0.39 is 5.91 Å². The van der Waals surface area contributed by atoms with E-state index in [9.17, 15) is 14.4 Å². The molecular weight excluding hydrogens is 294 g/mol. The van der Waals surface area contributed by atoms with Crippen LogP contribution >= 0.6 is 0 Å². The Morgan fingerprint density at radius 1 is 1.17 bits per heavy atom. The number of hydrogen-bond acceptors (Lipinski definition) is 3. The van der Waals surface area contributed by atoms with Crippen molar-refractivity contribution in [3.63, 3.8) is 0 Å². The fourth-order valence-electron chi connectivity index (χ4n) is 2.54. The van der Waals surface area contributed by atoms with Gasteiger partial charge in [-0.05, 0) is 48.4 Å². The average Bonchev–Trinajstić information content (AvgIpc) is 2.89. The third kappa shape index (κ3) is 2.78. The quantitative estimate of drug-likeness (QED) is 0.802. The van der Waals surface area contributed by atoms with Crippen LogP contribution < -0.4 is 16.4 Å². The molecule has 6 heteroatoms.